The second-order valence-corrected chi connectivity index (χ2v) is 13.7. The van der Waals surface area contributed by atoms with Crippen molar-refractivity contribution in [1.29, 1.82) is 0 Å². The molecule has 0 saturated carbocycles. The molecule has 1 saturated heterocycles. The van der Waals surface area contributed by atoms with Crippen LogP contribution in [0.4, 0.5) is 0 Å². The monoisotopic (exact) mass is 692 g/mol. The Hall–Kier alpha value is -5.66. The Balaban J connectivity index is 1.03. The van der Waals surface area contributed by atoms with Crippen LogP contribution in [0.25, 0.3) is 27.8 Å². The van der Waals surface area contributed by atoms with Crippen LogP contribution in [-0.2, 0) is 19.0 Å². The number of thioether (sulfide) groups is 1. The molecule has 7 heteroatoms. The number of hydrogen-bond donors (Lipinski definition) is 0. The largest absolute Gasteiger partial charge is 0.461 e. The zero-order chi connectivity index (χ0) is 35.0. The van der Waals surface area contributed by atoms with Gasteiger partial charge in [0.1, 0.15) is 12.7 Å². The van der Waals surface area contributed by atoms with E-state index < -0.39 is 35.3 Å². The van der Waals surface area contributed by atoms with E-state index in [0.29, 0.717) is 23.3 Å². The van der Waals surface area contributed by atoms with Crippen molar-refractivity contribution in [3.05, 3.63) is 174 Å². The van der Waals surface area contributed by atoms with Crippen molar-refractivity contribution < 1.29 is 28.6 Å². The van der Waals surface area contributed by atoms with E-state index in [0.717, 1.165) is 33.4 Å². The summed E-state index contributed by atoms with van der Waals surface area (Å²) >= 11 is 1.46. The number of ether oxygens (including phenoxy) is 3. The zero-order valence-electron chi connectivity index (χ0n) is 27.8. The molecular formula is C44H36O6S. The number of esters is 3. The first-order valence-electron chi connectivity index (χ1n) is 17.0. The maximum atomic E-state index is 13.5. The highest BCUT2D eigenvalue weighted by Gasteiger charge is 2.44. The average molecular weight is 693 g/mol. The second-order valence-electron chi connectivity index (χ2n) is 12.4. The number of hydrogen-bond acceptors (Lipinski definition) is 7. The third-order valence-corrected chi connectivity index (χ3v) is 10.4. The van der Waals surface area contributed by atoms with Crippen LogP contribution < -0.4 is 0 Å². The lowest BCUT2D eigenvalue weighted by atomic mass is 9.93. The van der Waals surface area contributed by atoms with E-state index in [-0.39, 0.29) is 12.6 Å². The first-order valence-corrected chi connectivity index (χ1v) is 18.0. The lowest BCUT2D eigenvalue weighted by molar-refractivity contribution is -0.156. The van der Waals surface area contributed by atoms with Gasteiger partial charge < -0.3 is 14.2 Å². The quantitative estimate of drug-likeness (QED) is 0.107. The van der Waals surface area contributed by atoms with Gasteiger partial charge in [-0.2, -0.15) is 0 Å². The molecule has 0 amide bonds. The summed E-state index contributed by atoms with van der Waals surface area (Å²) in [5.41, 5.74) is 6.98. The third kappa shape index (κ3) is 8.22. The van der Waals surface area contributed by atoms with E-state index in [2.05, 4.69) is 0 Å². The van der Waals surface area contributed by atoms with Crippen LogP contribution in [0.5, 0.6) is 0 Å². The van der Waals surface area contributed by atoms with Crippen LogP contribution in [-0.4, -0.2) is 47.7 Å². The van der Waals surface area contributed by atoms with Gasteiger partial charge in [-0.15, -0.1) is 11.8 Å². The van der Waals surface area contributed by atoms with E-state index in [4.69, 9.17) is 14.2 Å². The van der Waals surface area contributed by atoms with Gasteiger partial charge in [-0.3, -0.25) is 4.79 Å². The molecule has 0 radical (unpaired) electrons. The van der Waals surface area contributed by atoms with E-state index in [1.54, 1.807) is 24.3 Å². The maximum Gasteiger partial charge on any atom is 0.338 e. The SMILES string of the molecule is O=C(OC[C@@H]1SC[C@H](OC(=O)C2C=CC(c3ccccc3)=CC2)[C@H]1OC(=O)c1ccc(-c2ccccc2)cc1)c1ccc(-c2ccccc2)cc1. The van der Waals surface area contributed by atoms with Crippen molar-refractivity contribution in [2.75, 3.05) is 12.4 Å². The van der Waals surface area contributed by atoms with Gasteiger partial charge in [0.25, 0.3) is 0 Å². The second kappa shape index (κ2) is 15.9. The van der Waals surface area contributed by atoms with Crippen molar-refractivity contribution in [2.24, 2.45) is 5.92 Å². The molecule has 1 unspecified atom stereocenters. The number of rotatable bonds is 10. The average Bonchev–Trinajstić information content (AvgIpc) is 3.57. The van der Waals surface area contributed by atoms with Crippen LogP contribution in [0.15, 0.2) is 158 Å². The minimum absolute atomic E-state index is 0.0185. The summed E-state index contributed by atoms with van der Waals surface area (Å²) in [6.45, 7) is -0.0185. The Morgan fingerprint density at radius 2 is 1.10 bits per heavy atom. The van der Waals surface area contributed by atoms with Gasteiger partial charge in [0.05, 0.1) is 22.3 Å². The molecule has 254 valence electrons. The van der Waals surface area contributed by atoms with E-state index >= 15 is 0 Å². The predicted octanol–water partition coefficient (Wildman–Crippen LogP) is 9.09. The Morgan fingerprint density at radius 1 is 0.588 bits per heavy atom. The molecule has 2 aliphatic rings. The van der Waals surface area contributed by atoms with Crippen molar-refractivity contribution in [1.82, 2.24) is 0 Å². The van der Waals surface area contributed by atoms with Gasteiger partial charge in [-0.05, 0) is 64.1 Å². The predicted molar refractivity (Wildman–Crippen MR) is 201 cm³/mol. The molecule has 0 aromatic heterocycles. The summed E-state index contributed by atoms with van der Waals surface area (Å²) < 4.78 is 17.9. The smallest absolute Gasteiger partial charge is 0.338 e. The highest BCUT2D eigenvalue weighted by molar-refractivity contribution is 8.00. The normalized spacial score (nSPS) is 19.5. The fraction of sp³-hybridized carbons (Fsp3) is 0.159. The van der Waals surface area contributed by atoms with Crippen molar-refractivity contribution in [3.63, 3.8) is 0 Å². The minimum Gasteiger partial charge on any atom is -0.461 e. The molecule has 5 aromatic rings. The molecule has 1 aliphatic carbocycles. The molecule has 7 rings (SSSR count). The molecule has 0 N–H and O–H groups in total. The van der Waals surface area contributed by atoms with Gasteiger partial charge in [0.2, 0.25) is 0 Å². The Kier molecular flexibility index (Phi) is 10.6. The number of carbonyl (C=O) groups excluding carboxylic acids is 3. The third-order valence-electron chi connectivity index (χ3n) is 9.06. The Morgan fingerprint density at radius 3 is 1.63 bits per heavy atom. The molecule has 1 heterocycles. The van der Waals surface area contributed by atoms with Gasteiger partial charge in [0, 0.05) is 5.75 Å². The lowest BCUT2D eigenvalue weighted by Crippen LogP contribution is -2.40. The number of carbonyl (C=O) groups is 3. The maximum absolute atomic E-state index is 13.5. The van der Waals surface area contributed by atoms with Crippen LogP contribution in [0.2, 0.25) is 0 Å². The van der Waals surface area contributed by atoms with Gasteiger partial charge in [-0.1, -0.05) is 133 Å². The molecule has 51 heavy (non-hydrogen) atoms. The molecule has 1 fully saturated rings. The highest BCUT2D eigenvalue weighted by atomic mass is 32.2. The standard InChI is InChI=1S/C44H36O6S/c45-42(36-22-16-33(17-23-36)30-10-4-1-5-11-30)48-28-40-41(50-44(47)38-26-20-35(21-27-38)32-14-8-3-9-15-32)39(29-51-40)49-43(46)37-24-18-34(19-25-37)31-12-6-2-7-13-31/h1-24,26-27,37,39-41H,25,28-29H2/t37?,39-,40-,41+/m0/s1. The van der Waals surface area contributed by atoms with E-state index in [1.165, 1.54) is 11.8 Å². The Labute approximate surface area is 301 Å². The molecule has 6 nitrogen and oxygen atoms in total. The first-order chi connectivity index (χ1) is 25.0. The highest BCUT2D eigenvalue weighted by Crippen LogP contribution is 2.35. The first kappa shape index (κ1) is 33.8. The van der Waals surface area contributed by atoms with E-state index in [9.17, 15) is 14.4 Å². The molecule has 0 spiro atoms. The van der Waals surface area contributed by atoms with Gasteiger partial charge in [-0.25, -0.2) is 9.59 Å². The van der Waals surface area contributed by atoms with Crippen LogP contribution in [0, 0.1) is 5.92 Å². The number of allylic oxidation sites excluding steroid dienone is 3. The summed E-state index contributed by atoms with van der Waals surface area (Å²) in [5, 5.41) is -0.436. The fourth-order valence-corrected chi connectivity index (χ4v) is 7.49. The molecule has 4 atom stereocenters. The molecule has 5 aromatic carbocycles. The summed E-state index contributed by atoms with van der Waals surface area (Å²) in [7, 11) is 0. The molecule has 0 bridgehead atoms. The minimum atomic E-state index is -0.823. The zero-order valence-corrected chi connectivity index (χ0v) is 28.6. The van der Waals surface area contributed by atoms with Crippen LogP contribution >= 0.6 is 11.8 Å². The van der Waals surface area contributed by atoms with Crippen molar-refractivity contribution in [2.45, 2.75) is 23.9 Å². The Bertz CT molecular complexity index is 2020. The van der Waals surface area contributed by atoms with Crippen LogP contribution in [0.3, 0.4) is 0 Å². The van der Waals surface area contributed by atoms with Crippen LogP contribution in [0.1, 0.15) is 32.7 Å². The molecular weight excluding hydrogens is 657 g/mol. The molecule has 1 aliphatic heterocycles. The van der Waals surface area contributed by atoms with Gasteiger partial charge in [0.15, 0.2) is 6.10 Å². The summed E-state index contributed by atoms with van der Waals surface area (Å²) in [6.07, 6.45) is 4.81. The summed E-state index contributed by atoms with van der Waals surface area (Å²) in [5.74, 6) is -1.47. The van der Waals surface area contributed by atoms with Crippen molar-refractivity contribution in [3.8, 4) is 22.3 Å². The van der Waals surface area contributed by atoms with E-state index in [1.807, 2.05) is 133 Å². The number of benzene rings is 5. The van der Waals surface area contributed by atoms with Crippen molar-refractivity contribution >= 4 is 35.2 Å². The van der Waals surface area contributed by atoms with Gasteiger partial charge >= 0.3 is 17.9 Å². The fourth-order valence-electron chi connectivity index (χ4n) is 6.21. The summed E-state index contributed by atoms with van der Waals surface area (Å²) in [6, 6.07) is 44.3. The summed E-state index contributed by atoms with van der Waals surface area (Å²) in [4.78, 5) is 40.0. The topological polar surface area (TPSA) is 78.9 Å². The lowest BCUT2D eigenvalue weighted by Gasteiger charge is -2.25.